The van der Waals surface area contributed by atoms with E-state index in [4.69, 9.17) is 0 Å². The molecule has 7 nitrogen and oxygen atoms in total. The Balaban J connectivity index is 1.31. The summed E-state index contributed by atoms with van der Waals surface area (Å²) in [5, 5.41) is 11.5. The van der Waals surface area contributed by atoms with E-state index in [0.29, 0.717) is 18.8 Å². The summed E-state index contributed by atoms with van der Waals surface area (Å²) in [6.07, 6.45) is 8.87. The molecule has 2 aliphatic rings. The number of benzene rings is 1. The molecule has 0 radical (unpaired) electrons. The van der Waals surface area contributed by atoms with Crippen molar-refractivity contribution < 1.29 is 9.59 Å². The number of aryl methyl sites for hydroxylation is 2. The molecular formula is C23H31N5O2. The fraction of sp³-hybridized carbons (Fsp3) is 0.565. The number of rotatable bonds is 4. The van der Waals surface area contributed by atoms with E-state index >= 15 is 0 Å². The average molecular weight is 410 g/mol. The Morgan fingerprint density at radius 1 is 1.00 bits per heavy atom. The Bertz CT molecular complexity index is 908. The molecule has 160 valence electrons. The number of amides is 2. The van der Waals surface area contributed by atoms with E-state index in [-0.39, 0.29) is 23.8 Å². The fourth-order valence-corrected chi connectivity index (χ4v) is 4.43. The van der Waals surface area contributed by atoms with Crippen molar-refractivity contribution in [3.8, 4) is 5.69 Å². The van der Waals surface area contributed by atoms with Crippen LogP contribution in [0.25, 0.3) is 5.69 Å². The van der Waals surface area contributed by atoms with Crippen LogP contribution in [0.3, 0.4) is 0 Å². The zero-order valence-electron chi connectivity index (χ0n) is 17.9. The third-order valence-electron chi connectivity index (χ3n) is 6.57. The Hall–Kier alpha value is -2.70. The van der Waals surface area contributed by atoms with E-state index in [2.05, 4.69) is 29.5 Å². The van der Waals surface area contributed by atoms with Gasteiger partial charge in [0.2, 0.25) is 5.91 Å². The molecule has 0 unspecified atom stereocenters. The molecule has 0 bridgehead atoms. The molecule has 1 aromatic carbocycles. The molecule has 4 rings (SSSR count). The molecule has 1 N–H and O–H groups in total. The Morgan fingerprint density at radius 2 is 1.73 bits per heavy atom. The lowest BCUT2D eigenvalue weighted by Gasteiger charge is -2.33. The second-order valence-electron chi connectivity index (χ2n) is 8.73. The maximum absolute atomic E-state index is 12.9. The topological polar surface area (TPSA) is 80.1 Å². The Morgan fingerprint density at radius 3 is 2.43 bits per heavy atom. The summed E-state index contributed by atoms with van der Waals surface area (Å²) in [5.74, 6) is 0.289. The van der Waals surface area contributed by atoms with Crippen molar-refractivity contribution in [1.82, 2.24) is 25.2 Å². The average Bonchev–Trinajstić information content (AvgIpc) is 3.26. The lowest BCUT2D eigenvalue weighted by molar-refractivity contribution is -0.126. The number of nitrogens with zero attached hydrogens (tertiary/aromatic N) is 4. The van der Waals surface area contributed by atoms with Crippen LogP contribution < -0.4 is 5.32 Å². The van der Waals surface area contributed by atoms with Gasteiger partial charge in [0.25, 0.3) is 5.91 Å². The van der Waals surface area contributed by atoms with Gasteiger partial charge in [0, 0.05) is 25.0 Å². The zero-order valence-corrected chi connectivity index (χ0v) is 17.9. The second kappa shape index (κ2) is 8.98. The quantitative estimate of drug-likeness (QED) is 0.841. The van der Waals surface area contributed by atoms with Crippen LogP contribution in [-0.2, 0) is 4.79 Å². The Labute approximate surface area is 177 Å². The third-order valence-corrected chi connectivity index (χ3v) is 6.57. The zero-order chi connectivity index (χ0) is 21.1. The van der Waals surface area contributed by atoms with Crippen LogP contribution in [0.2, 0.25) is 0 Å². The largest absolute Gasteiger partial charge is 0.353 e. The molecule has 1 saturated heterocycles. The van der Waals surface area contributed by atoms with E-state index in [1.807, 2.05) is 23.1 Å². The number of aromatic nitrogens is 3. The van der Waals surface area contributed by atoms with Gasteiger partial charge in [-0.2, -0.15) is 0 Å². The van der Waals surface area contributed by atoms with Crippen LogP contribution in [-0.4, -0.2) is 50.8 Å². The van der Waals surface area contributed by atoms with Crippen molar-refractivity contribution in [2.24, 2.45) is 5.92 Å². The minimum absolute atomic E-state index is 0.0952. The van der Waals surface area contributed by atoms with Gasteiger partial charge in [-0.1, -0.05) is 30.5 Å². The number of nitrogens with one attached hydrogen (secondary N) is 1. The van der Waals surface area contributed by atoms with Gasteiger partial charge < -0.3 is 10.2 Å². The lowest BCUT2D eigenvalue weighted by Crippen LogP contribution is -2.48. The molecule has 1 aliphatic carbocycles. The summed E-state index contributed by atoms with van der Waals surface area (Å²) in [7, 11) is 0. The smallest absolute Gasteiger partial charge is 0.276 e. The summed E-state index contributed by atoms with van der Waals surface area (Å²) in [5.41, 5.74) is 3.65. The van der Waals surface area contributed by atoms with Gasteiger partial charge >= 0.3 is 0 Å². The molecule has 0 atom stereocenters. The van der Waals surface area contributed by atoms with Gasteiger partial charge in [0.15, 0.2) is 5.69 Å². The first-order valence-corrected chi connectivity index (χ1v) is 11.1. The van der Waals surface area contributed by atoms with Crippen LogP contribution in [0.4, 0.5) is 0 Å². The highest BCUT2D eigenvalue weighted by Gasteiger charge is 2.28. The highest BCUT2D eigenvalue weighted by atomic mass is 16.2. The van der Waals surface area contributed by atoms with Crippen molar-refractivity contribution in [3.63, 3.8) is 0 Å². The molecule has 2 heterocycles. The van der Waals surface area contributed by atoms with E-state index in [1.165, 1.54) is 17.5 Å². The normalized spacial score (nSPS) is 18.4. The van der Waals surface area contributed by atoms with E-state index in [0.717, 1.165) is 44.2 Å². The number of hydrogen-bond acceptors (Lipinski definition) is 4. The summed E-state index contributed by atoms with van der Waals surface area (Å²) in [6, 6.07) is 6.22. The summed E-state index contributed by atoms with van der Waals surface area (Å²) in [6.45, 7) is 5.38. The molecule has 2 aromatic rings. The van der Waals surface area contributed by atoms with E-state index < -0.39 is 0 Å². The van der Waals surface area contributed by atoms with Crippen LogP contribution >= 0.6 is 0 Å². The number of carbonyl (C=O) groups is 2. The molecule has 7 heteroatoms. The SMILES string of the molecule is Cc1ccc(-n2cc(C(=O)N3CCC(NC(=O)C4CCCCC4)CC3)nn2)cc1C. The predicted molar refractivity (Wildman–Crippen MR) is 114 cm³/mol. The highest BCUT2D eigenvalue weighted by Crippen LogP contribution is 2.24. The summed E-state index contributed by atoms with van der Waals surface area (Å²) >= 11 is 0. The molecular weight excluding hydrogens is 378 g/mol. The first-order valence-electron chi connectivity index (χ1n) is 11.1. The van der Waals surface area contributed by atoms with Gasteiger partial charge in [-0.05, 0) is 62.8 Å². The third kappa shape index (κ3) is 4.55. The molecule has 2 fully saturated rings. The predicted octanol–water partition coefficient (Wildman–Crippen LogP) is 3.19. The molecule has 0 spiro atoms. The lowest BCUT2D eigenvalue weighted by atomic mass is 9.88. The van der Waals surface area contributed by atoms with Crippen LogP contribution in [0.5, 0.6) is 0 Å². The van der Waals surface area contributed by atoms with Gasteiger partial charge in [0.1, 0.15) is 0 Å². The van der Waals surface area contributed by atoms with Gasteiger partial charge in [-0.3, -0.25) is 9.59 Å². The van der Waals surface area contributed by atoms with Crippen LogP contribution in [0, 0.1) is 19.8 Å². The van der Waals surface area contributed by atoms with Crippen molar-refractivity contribution in [1.29, 1.82) is 0 Å². The van der Waals surface area contributed by atoms with Crippen molar-refractivity contribution in [2.75, 3.05) is 13.1 Å². The number of likely N-dealkylation sites (tertiary alicyclic amines) is 1. The summed E-state index contributed by atoms with van der Waals surface area (Å²) in [4.78, 5) is 27.2. The van der Waals surface area contributed by atoms with E-state index in [1.54, 1.807) is 10.9 Å². The summed E-state index contributed by atoms with van der Waals surface area (Å²) < 4.78 is 1.65. The molecule has 1 saturated carbocycles. The first kappa shape index (κ1) is 20.6. The van der Waals surface area contributed by atoms with E-state index in [9.17, 15) is 9.59 Å². The maximum atomic E-state index is 12.9. The van der Waals surface area contributed by atoms with Crippen molar-refractivity contribution >= 4 is 11.8 Å². The molecule has 1 aliphatic heterocycles. The Kier molecular flexibility index (Phi) is 6.16. The standard InChI is InChI=1S/C23H31N5O2/c1-16-8-9-20(14-17(16)2)28-15-21(25-26-28)23(30)27-12-10-19(11-13-27)24-22(29)18-6-4-3-5-7-18/h8-9,14-15,18-19H,3-7,10-13H2,1-2H3,(H,24,29). The minimum Gasteiger partial charge on any atom is -0.353 e. The first-order chi connectivity index (χ1) is 14.5. The van der Waals surface area contributed by atoms with Gasteiger partial charge in [-0.25, -0.2) is 4.68 Å². The number of carbonyl (C=O) groups excluding carboxylic acids is 2. The number of hydrogen-bond donors (Lipinski definition) is 1. The van der Waals surface area contributed by atoms with Crippen LogP contribution in [0.1, 0.15) is 66.6 Å². The molecule has 1 aromatic heterocycles. The molecule has 30 heavy (non-hydrogen) atoms. The van der Waals surface area contributed by atoms with Gasteiger partial charge in [0.05, 0.1) is 11.9 Å². The fourth-order valence-electron chi connectivity index (χ4n) is 4.43. The number of piperidine rings is 1. The monoisotopic (exact) mass is 409 g/mol. The molecule has 2 amide bonds. The highest BCUT2D eigenvalue weighted by molar-refractivity contribution is 5.92. The second-order valence-corrected chi connectivity index (χ2v) is 8.73. The van der Waals surface area contributed by atoms with Crippen LogP contribution in [0.15, 0.2) is 24.4 Å². The maximum Gasteiger partial charge on any atom is 0.276 e. The minimum atomic E-state index is -0.0952. The van der Waals surface area contributed by atoms with Crippen molar-refractivity contribution in [3.05, 3.63) is 41.2 Å². The van der Waals surface area contributed by atoms with Crippen molar-refractivity contribution in [2.45, 2.75) is 64.8 Å². The van der Waals surface area contributed by atoms with Gasteiger partial charge in [-0.15, -0.1) is 5.10 Å².